The smallest absolute Gasteiger partial charge is 0.305 e. The van der Waals surface area contributed by atoms with Crippen LogP contribution in [0.25, 0.3) is 0 Å². The van der Waals surface area contributed by atoms with Gasteiger partial charge in [0.05, 0.1) is 6.42 Å². The van der Waals surface area contributed by atoms with Crippen molar-refractivity contribution in [3.8, 4) is 0 Å². The highest BCUT2D eigenvalue weighted by molar-refractivity contribution is 7.80. The molecule has 5 nitrogen and oxygen atoms in total. The minimum atomic E-state index is -0.828. The van der Waals surface area contributed by atoms with Gasteiger partial charge in [0, 0.05) is 27.7 Å². The summed E-state index contributed by atoms with van der Waals surface area (Å²) in [6, 6.07) is 0. The van der Waals surface area contributed by atoms with Gasteiger partial charge in [-0.1, -0.05) is 0 Å². The molecule has 0 bridgehead atoms. The molecule has 0 atom stereocenters. The summed E-state index contributed by atoms with van der Waals surface area (Å²) in [6.45, 7) is 0.377. The Kier molecular flexibility index (Phi) is 5.33. The molecular formula is C7H15N3O2S. The summed E-state index contributed by atoms with van der Waals surface area (Å²) in [5, 5.41) is 15.2. The van der Waals surface area contributed by atoms with Gasteiger partial charge in [0.25, 0.3) is 0 Å². The fourth-order valence-corrected chi connectivity index (χ4v) is 1.07. The topological polar surface area (TPSA) is 55.8 Å². The maximum Gasteiger partial charge on any atom is 0.305 e. The van der Waals surface area contributed by atoms with Crippen molar-refractivity contribution < 1.29 is 9.90 Å². The van der Waals surface area contributed by atoms with E-state index in [4.69, 9.17) is 17.3 Å². The van der Waals surface area contributed by atoms with Crippen molar-refractivity contribution >= 4 is 23.3 Å². The number of nitrogens with one attached hydrogen (secondary N) is 1. The van der Waals surface area contributed by atoms with E-state index >= 15 is 0 Å². The molecule has 0 aliphatic carbocycles. The summed E-state index contributed by atoms with van der Waals surface area (Å²) in [4.78, 5) is 10.3. The Morgan fingerprint density at radius 1 is 1.54 bits per heavy atom. The van der Waals surface area contributed by atoms with E-state index in [1.165, 1.54) is 0 Å². The van der Waals surface area contributed by atoms with Crippen LogP contribution < -0.4 is 5.32 Å². The van der Waals surface area contributed by atoms with Crippen LogP contribution in [0.15, 0.2) is 0 Å². The summed E-state index contributed by atoms with van der Waals surface area (Å²) in [5.41, 5.74) is 0. The number of hydrazine groups is 1. The molecule has 0 aromatic rings. The van der Waals surface area contributed by atoms with Crippen molar-refractivity contribution in [2.45, 2.75) is 6.42 Å². The second-order valence-electron chi connectivity index (χ2n) is 2.67. The summed E-state index contributed by atoms with van der Waals surface area (Å²) >= 11 is 4.99. The van der Waals surface area contributed by atoms with E-state index in [1.807, 2.05) is 14.1 Å². The van der Waals surface area contributed by atoms with Gasteiger partial charge in [0.15, 0.2) is 5.11 Å². The number of aliphatic carboxylic acids is 1. The van der Waals surface area contributed by atoms with Crippen LogP contribution in [0, 0.1) is 0 Å². The van der Waals surface area contributed by atoms with Gasteiger partial charge in [0.1, 0.15) is 0 Å². The van der Waals surface area contributed by atoms with Crippen LogP contribution in [0.2, 0.25) is 0 Å². The van der Waals surface area contributed by atoms with Crippen molar-refractivity contribution in [2.24, 2.45) is 0 Å². The lowest BCUT2D eigenvalue weighted by Crippen LogP contribution is -2.47. The molecule has 0 aromatic heterocycles. The predicted molar refractivity (Wildman–Crippen MR) is 54.3 cm³/mol. The van der Waals surface area contributed by atoms with Crippen LogP contribution in [0.4, 0.5) is 0 Å². The zero-order chi connectivity index (χ0) is 10.4. The van der Waals surface area contributed by atoms with E-state index < -0.39 is 5.97 Å². The third kappa shape index (κ3) is 4.64. The van der Waals surface area contributed by atoms with Crippen LogP contribution in [0.5, 0.6) is 0 Å². The highest BCUT2D eigenvalue weighted by atomic mass is 32.1. The van der Waals surface area contributed by atoms with Crippen molar-refractivity contribution in [1.29, 1.82) is 0 Å². The van der Waals surface area contributed by atoms with Crippen LogP contribution in [0.3, 0.4) is 0 Å². The van der Waals surface area contributed by atoms with Gasteiger partial charge >= 0.3 is 5.97 Å². The highest BCUT2D eigenvalue weighted by Gasteiger charge is 2.11. The number of hydrogen-bond donors (Lipinski definition) is 2. The normalized spacial score (nSPS) is 9.85. The van der Waals surface area contributed by atoms with E-state index in [9.17, 15) is 4.79 Å². The van der Waals surface area contributed by atoms with E-state index in [2.05, 4.69) is 5.32 Å². The lowest BCUT2D eigenvalue weighted by Gasteiger charge is -2.30. The molecule has 76 valence electrons. The third-order valence-corrected chi connectivity index (χ3v) is 1.88. The fraction of sp³-hybridized carbons (Fsp3) is 0.714. The monoisotopic (exact) mass is 205 g/mol. The maximum atomic E-state index is 10.3. The number of nitrogens with zero attached hydrogens (tertiary/aromatic N) is 2. The van der Waals surface area contributed by atoms with Gasteiger partial charge in [-0.25, -0.2) is 5.01 Å². The lowest BCUT2D eigenvalue weighted by molar-refractivity contribution is -0.137. The summed E-state index contributed by atoms with van der Waals surface area (Å²) in [5.74, 6) is -0.828. The second kappa shape index (κ2) is 5.71. The second-order valence-corrected chi connectivity index (χ2v) is 3.06. The summed E-state index contributed by atoms with van der Waals surface area (Å²) in [6.07, 6.45) is 0.0694. The maximum absolute atomic E-state index is 10.3. The highest BCUT2D eigenvalue weighted by Crippen LogP contribution is 1.95. The summed E-state index contributed by atoms with van der Waals surface area (Å²) < 4.78 is 0. The molecule has 0 amide bonds. The number of rotatable bonds is 4. The van der Waals surface area contributed by atoms with Gasteiger partial charge in [0.2, 0.25) is 0 Å². The Hall–Kier alpha value is -0.880. The molecular weight excluding hydrogens is 190 g/mol. The number of carboxylic acids is 1. The van der Waals surface area contributed by atoms with Gasteiger partial charge < -0.3 is 10.4 Å². The molecule has 6 heteroatoms. The average molecular weight is 205 g/mol. The third-order valence-electron chi connectivity index (χ3n) is 1.47. The van der Waals surface area contributed by atoms with Crippen LogP contribution in [0.1, 0.15) is 6.42 Å². The molecule has 0 saturated carbocycles. The Bertz CT molecular complexity index is 196. The first kappa shape index (κ1) is 12.1. The van der Waals surface area contributed by atoms with Crippen LogP contribution in [-0.2, 0) is 4.79 Å². The molecule has 0 aromatic carbocycles. The molecule has 0 aliphatic rings. The predicted octanol–water partition coefficient (Wildman–Crippen LogP) is -0.256. The first-order valence-electron chi connectivity index (χ1n) is 3.87. The molecule has 13 heavy (non-hydrogen) atoms. The minimum absolute atomic E-state index is 0.0694. The average Bonchev–Trinajstić information content (AvgIpc) is 2.03. The first-order valence-corrected chi connectivity index (χ1v) is 4.28. The Labute approximate surface area is 83.3 Å². The number of carboxylic acid groups (broad SMARTS) is 1. The summed E-state index contributed by atoms with van der Waals surface area (Å²) in [7, 11) is 5.33. The molecule has 0 spiro atoms. The van der Waals surface area contributed by atoms with E-state index in [0.29, 0.717) is 11.7 Å². The number of hydrogen-bond acceptors (Lipinski definition) is 3. The minimum Gasteiger partial charge on any atom is -0.481 e. The Morgan fingerprint density at radius 2 is 2.08 bits per heavy atom. The molecule has 0 unspecified atom stereocenters. The molecule has 0 fully saturated rings. The van der Waals surface area contributed by atoms with Gasteiger partial charge in [-0.05, 0) is 12.2 Å². The van der Waals surface area contributed by atoms with Crippen LogP contribution in [-0.4, -0.2) is 53.9 Å². The Morgan fingerprint density at radius 3 is 2.38 bits per heavy atom. The Balaban J connectivity index is 4.10. The quantitative estimate of drug-likeness (QED) is 0.487. The molecule has 0 rings (SSSR count). The zero-order valence-corrected chi connectivity index (χ0v) is 8.89. The van der Waals surface area contributed by atoms with Crippen molar-refractivity contribution in [1.82, 2.24) is 15.3 Å². The number of thiocarbonyl (C=S) groups is 1. The van der Waals surface area contributed by atoms with E-state index in [0.717, 1.165) is 0 Å². The standard InChI is InChI=1S/C7H15N3O2S/c1-8-7(13)10(9(2)3)5-4-6(11)12/h4-5H2,1-3H3,(H,8,13)(H,11,12). The molecule has 0 heterocycles. The lowest BCUT2D eigenvalue weighted by atomic mass is 10.4. The largest absolute Gasteiger partial charge is 0.481 e. The molecule has 0 radical (unpaired) electrons. The molecule has 2 N–H and O–H groups in total. The number of carbonyl (C=O) groups is 1. The molecule has 0 aliphatic heterocycles. The van der Waals surface area contributed by atoms with Gasteiger partial charge in [-0.15, -0.1) is 0 Å². The van der Waals surface area contributed by atoms with Gasteiger partial charge in [-0.3, -0.25) is 9.80 Å². The zero-order valence-electron chi connectivity index (χ0n) is 8.07. The van der Waals surface area contributed by atoms with Gasteiger partial charge in [-0.2, -0.15) is 0 Å². The van der Waals surface area contributed by atoms with Crippen LogP contribution >= 0.6 is 12.2 Å². The van der Waals surface area contributed by atoms with Crippen molar-refractivity contribution in [3.63, 3.8) is 0 Å². The SMILES string of the molecule is CNC(=S)N(CCC(=O)O)N(C)C. The van der Waals surface area contributed by atoms with Crippen molar-refractivity contribution in [3.05, 3.63) is 0 Å². The van der Waals surface area contributed by atoms with E-state index in [1.54, 1.807) is 17.1 Å². The first-order chi connectivity index (χ1) is 5.99. The van der Waals surface area contributed by atoms with Crippen molar-refractivity contribution in [2.75, 3.05) is 27.7 Å². The fourth-order valence-electron chi connectivity index (χ4n) is 0.814. The molecule has 0 saturated heterocycles. The van der Waals surface area contributed by atoms with E-state index in [-0.39, 0.29) is 6.42 Å².